The Hall–Kier alpha value is -0.353. The maximum Gasteiger partial charge on any atom is 0.191 e. The Bertz CT molecular complexity index is 360. The van der Waals surface area contributed by atoms with E-state index >= 15 is 0 Å². The van der Waals surface area contributed by atoms with Crippen molar-refractivity contribution in [3.63, 3.8) is 0 Å². The Morgan fingerprint density at radius 3 is 2.58 bits per heavy atom. The Balaban J connectivity index is 2.13. The van der Waals surface area contributed by atoms with E-state index < -0.39 is 8.07 Å². The quantitative estimate of drug-likeness (QED) is 0.740. The van der Waals surface area contributed by atoms with E-state index in [1.807, 2.05) is 0 Å². The summed E-state index contributed by atoms with van der Waals surface area (Å²) in [4.78, 5) is 4.74. The van der Waals surface area contributed by atoms with E-state index in [0.717, 1.165) is 5.90 Å². The van der Waals surface area contributed by atoms with Crippen LogP contribution in [0.1, 0.15) is 13.8 Å². The van der Waals surface area contributed by atoms with Gasteiger partial charge in [0.05, 0.1) is 19.6 Å². The van der Waals surface area contributed by atoms with E-state index in [1.54, 1.807) is 7.11 Å². The monoisotopic (exact) mass is 278 g/mol. The van der Waals surface area contributed by atoms with Crippen LogP contribution in [-0.2, 0) is 9.47 Å². The molecule has 0 bridgehead atoms. The summed E-state index contributed by atoms with van der Waals surface area (Å²) in [5.41, 5.74) is 1.13. The van der Waals surface area contributed by atoms with E-state index in [0.29, 0.717) is 6.61 Å². The van der Waals surface area contributed by atoms with Crippen LogP contribution >= 0.6 is 0 Å². The zero-order valence-corrected chi connectivity index (χ0v) is 13.8. The highest BCUT2D eigenvalue weighted by molar-refractivity contribution is 6.83. The Kier molecular flexibility index (Phi) is 4.12. The van der Waals surface area contributed by atoms with Crippen molar-refractivity contribution in [3.05, 3.63) is 30.7 Å². The van der Waals surface area contributed by atoms with Gasteiger partial charge in [0.15, 0.2) is 5.90 Å². The zero-order chi connectivity index (χ0) is 14.3. The third-order valence-electron chi connectivity index (χ3n) is 3.83. The standard InChI is InChI=1S/C15H24NO2Si/c1-15(2,17-3)13-10-18-14(16-13)11-8-7-9-12(11)19(4,5)6/h7-9,13H,10H2,1-6H3/t13-/m0/s1. The maximum atomic E-state index is 5.83. The minimum atomic E-state index is -1.36. The molecule has 0 aromatic rings. The number of ether oxygens (including phenoxy) is 2. The van der Waals surface area contributed by atoms with Crippen LogP contribution in [0.3, 0.4) is 0 Å². The molecule has 0 unspecified atom stereocenters. The van der Waals surface area contributed by atoms with Crippen molar-refractivity contribution < 1.29 is 9.47 Å². The minimum Gasteiger partial charge on any atom is -0.478 e. The number of hydrogen-bond acceptors (Lipinski definition) is 3. The molecule has 0 aromatic carbocycles. The first-order valence-corrected chi connectivity index (χ1v) is 10.3. The maximum absolute atomic E-state index is 5.83. The van der Waals surface area contributed by atoms with E-state index in [4.69, 9.17) is 14.5 Å². The second kappa shape index (κ2) is 5.21. The van der Waals surface area contributed by atoms with Crippen LogP contribution in [0.15, 0.2) is 4.99 Å². The minimum absolute atomic E-state index is 0.0666. The molecule has 0 saturated heterocycles. The largest absolute Gasteiger partial charge is 0.478 e. The molecule has 1 heterocycles. The van der Waals surface area contributed by atoms with E-state index in [-0.39, 0.29) is 11.6 Å². The first-order valence-electron chi connectivity index (χ1n) is 6.78. The van der Waals surface area contributed by atoms with E-state index in [9.17, 15) is 0 Å². The zero-order valence-electron chi connectivity index (χ0n) is 12.8. The number of hydrogen-bond donors (Lipinski definition) is 0. The van der Waals surface area contributed by atoms with E-state index in [1.165, 1.54) is 11.5 Å². The first kappa shape index (κ1) is 15.0. The van der Waals surface area contributed by atoms with Gasteiger partial charge in [0.25, 0.3) is 0 Å². The van der Waals surface area contributed by atoms with Gasteiger partial charge in [-0.05, 0) is 38.7 Å². The van der Waals surface area contributed by atoms with Gasteiger partial charge in [0.2, 0.25) is 0 Å². The summed E-state index contributed by atoms with van der Waals surface area (Å²) >= 11 is 0. The molecule has 2 aliphatic rings. The highest BCUT2D eigenvalue weighted by atomic mass is 28.3. The molecule has 0 spiro atoms. The summed E-state index contributed by atoms with van der Waals surface area (Å²) < 4.78 is 11.3. The van der Waals surface area contributed by atoms with Gasteiger partial charge in [-0.15, -0.1) is 0 Å². The molecule has 1 fully saturated rings. The molecule has 4 heteroatoms. The second-order valence-electron chi connectivity index (χ2n) is 6.67. The van der Waals surface area contributed by atoms with Gasteiger partial charge >= 0.3 is 0 Å². The van der Waals surface area contributed by atoms with Gasteiger partial charge in [0.1, 0.15) is 12.6 Å². The van der Waals surface area contributed by atoms with Crippen LogP contribution in [-0.4, -0.2) is 39.3 Å². The highest BCUT2D eigenvalue weighted by Gasteiger charge is 2.45. The van der Waals surface area contributed by atoms with Gasteiger partial charge in [-0.1, -0.05) is 19.6 Å². The van der Waals surface area contributed by atoms with Crippen molar-refractivity contribution in [2.45, 2.75) is 45.1 Å². The van der Waals surface area contributed by atoms with Crippen molar-refractivity contribution >= 4 is 14.0 Å². The molecule has 105 valence electrons. The summed E-state index contributed by atoms with van der Waals surface area (Å²) in [5, 5.41) is 0. The van der Waals surface area contributed by atoms with Crippen molar-refractivity contribution in [1.82, 2.24) is 0 Å². The molecular formula is C15H24NO2Si. The van der Waals surface area contributed by atoms with Gasteiger partial charge in [-0.3, -0.25) is 0 Å². The molecule has 3 nitrogen and oxygen atoms in total. The number of methoxy groups -OCH3 is 1. The molecule has 2 rings (SSSR count). The molecule has 1 aliphatic carbocycles. The normalized spacial score (nSPS) is 26.6. The molecule has 1 aliphatic heterocycles. The molecule has 1 saturated carbocycles. The predicted molar refractivity (Wildman–Crippen MR) is 81.0 cm³/mol. The van der Waals surface area contributed by atoms with Gasteiger partial charge in [0, 0.05) is 7.11 Å². The lowest BCUT2D eigenvalue weighted by Gasteiger charge is -2.28. The van der Waals surface area contributed by atoms with Crippen LogP contribution in [0.2, 0.25) is 19.6 Å². The van der Waals surface area contributed by atoms with Gasteiger partial charge in [-0.25, -0.2) is 4.99 Å². The summed E-state index contributed by atoms with van der Waals surface area (Å²) in [7, 11) is 0.364. The summed E-state index contributed by atoms with van der Waals surface area (Å²) in [6, 6.07) is 0.0666. The third-order valence-corrected chi connectivity index (χ3v) is 5.89. The molecule has 19 heavy (non-hydrogen) atoms. The molecule has 1 atom stereocenters. The van der Waals surface area contributed by atoms with Gasteiger partial charge < -0.3 is 9.47 Å². The Labute approximate surface area is 118 Å². The second-order valence-corrected chi connectivity index (χ2v) is 11.7. The molecule has 0 aromatic heterocycles. The smallest absolute Gasteiger partial charge is 0.191 e. The fraction of sp³-hybridized carbons (Fsp3) is 0.600. The van der Waals surface area contributed by atoms with Crippen LogP contribution in [0, 0.1) is 30.7 Å². The Morgan fingerprint density at radius 2 is 2.00 bits per heavy atom. The first-order chi connectivity index (χ1) is 8.75. The van der Waals surface area contributed by atoms with Crippen molar-refractivity contribution in [2.24, 2.45) is 4.99 Å². The number of nitrogens with zero attached hydrogens (tertiary/aromatic N) is 1. The molecule has 0 N–H and O–H groups in total. The van der Waals surface area contributed by atoms with Crippen LogP contribution < -0.4 is 0 Å². The average Bonchev–Trinajstić information content (AvgIpc) is 2.96. The Morgan fingerprint density at radius 1 is 1.32 bits per heavy atom. The molecule has 5 radical (unpaired) electrons. The van der Waals surface area contributed by atoms with Crippen molar-refractivity contribution in [1.29, 1.82) is 0 Å². The lowest BCUT2D eigenvalue weighted by molar-refractivity contribution is -0.00434. The fourth-order valence-corrected chi connectivity index (χ4v) is 3.87. The SMILES string of the molecule is COC(C)(C)[C@@H]1COC([C]2[CH][CH][CH][C]2[Si](C)(C)C)=N1. The van der Waals surface area contributed by atoms with Crippen molar-refractivity contribution in [2.75, 3.05) is 13.7 Å². The van der Waals surface area contributed by atoms with Gasteiger partial charge in [-0.2, -0.15) is 0 Å². The average molecular weight is 278 g/mol. The summed E-state index contributed by atoms with van der Waals surface area (Å²) in [6.07, 6.45) is 6.43. The molecule has 0 amide bonds. The van der Waals surface area contributed by atoms with Crippen LogP contribution in [0.5, 0.6) is 0 Å². The topological polar surface area (TPSA) is 30.8 Å². The highest BCUT2D eigenvalue weighted by Crippen LogP contribution is 2.42. The molecular weight excluding hydrogens is 254 g/mol. The van der Waals surface area contributed by atoms with Crippen molar-refractivity contribution in [3.8, 4) is 0 Å². The lowest BCUT2D eigenvalue weighted by Crippen LogP contribution is -2.37. The third kappa shape index (κ3) is 3.05. The lowest BCUT2D eigenvalue weighted by atomic mass is 10.0. The number of rotatable bonds is 4. The summed E-state index contributed by atoms with van der Waals surface area (Å²) in [6.45, 7) is 11.7. The van der Waals surface area contributed by atoms with Crippen LogP contribution in [0.25, 0.3) is 0 Å². The van der Waals surface area contributed by atoms with E-state index in [2.05, 4.69) is 52.8 Å². The summed E-state index contributed by atoms with van der Waals surface area (Å²) in [5.74, 6) is 1.96. The number of aliphatic imine (C=N–C) groups is 1. The fourth-order valence-electron chi connectivity index (χ4n) is 2.27. The predicted octanol–water partition coefficient (Wildman–Crippen LogP) is 2.86. The van der Waals surface area contributed by atoms with Crippen LogP contribution in [0.4, 0.5) is 0 Å².